The van der Waals surface area contributed by atoms with Gasteiger partial charge in [0.2, 0.25) is 0 Å². The number of ether oxygens (including phenoxy) is 2. The molecule has 5 nitrogen and oxygen atoms in total. The number of rotatable bonds is 8. The van der Waals surface area contributed by atoms with E-state index in [1.807, 2.05) is 0 Å². The first-order valence-corrected chi connectivity index (χ1v) is 6.15. The Morgan fingerprint density at radius 2 is 2.06 bits per heavy atom. The molecule has 0 unspecified atom stereocenters. The number of hydrogen-bond donors (Lipinski definition) is 1. The summed E-state index contributed by atoms with van der Waals surface area (Å²) in [4.78, 5) is 6.48. The van der Waals surface area contributed by atoms with Gasteiger partial charge in [0.1, 0.15) is 5.69 Å². The minimum absolute atomic E-state index is 0.145. The largest absolute Gasteiger partial charge is 0.493 e. The van der Waals surface area contributed by atoms with Crippen molar-refractivity contribution in [3.63, 3.8) is 0 Å². The fraction of sp³-hybridized carbons (Fsp3) is 0.615. The highest BCUT2D eigenvalue weighted by Gasteiger charge is 2.14. The molecular formula is C13H22N2O3. The number of aliphatic hydroxyl groups excluding tert-OH is 1. The van der Waals surface area contributed by atoms with E-state index >= 15 is 0 Å². The van der Waals surface area contributed by atoms with Crippen LogP contribution in [0, 0.1) is 0 Å². The third-order valence-corrected chi connectivity index (χ3v) is 2.70. The smallest absolute Gasteiger partial charge is 0.183 e. The summed E-state index contributed by atoms with van der Waals surface area (Å²) in [6.07, 6.45) is 2.74. The molecule has 0 spiro atoms. The minimum Gasteiger partial charge on any atom is -0.493 e. The van der Waals surface area contributed by atoms with Crippen molar-refractivity contribution in [2.75, 3.05) is 33.9 Å². The second-order valence-corrected chi connectivity index (χ2v) is 3.99. The summed E-state index contributed by atoms with van der Waals surface area (Å²) in [6, 6.07) is 1.78. The van der Waals surface area contributed by atoms with Crippen LogP contribution >= 0.6 is 0 Å². The van der Waals surface area contributed by atoms with Crippen molar-refractivity contribution in [3.05, 3.63) is 18.0 Å². The molecule has 0 saturated carbocycles. The molecule has 1 aromatic heterocycles. The average Bonchev–Trinajstić information content (AvgIpc) is 2.39. The van der Waals surface area contributed by atoms with E-state index in [9.17, 15) is 0 Å². The maximum Gasteiger partial charge on any atom is 0.183 e. The number of aromatic nitrogens is 1. The SMILES string of the molecule is CCCN(CCO)Cc1nccc(OC)c1OC. The van der Waals surface area contributed by atoms with Gasteiger partial charge in [-0.25, -0.2) is 0 Å². The van der Waals surface area contributed by atoms with Gasteiger partial charge in [0, 0.05) is 25.4 Å². The van der Waals surface area contributed by atoms with E-state index < -0.39 is 0 Å². The molecule has 0 bridgehead atoms. The predicted molar refractivity (Wildman–Crippen MR) is 70.0 cm³/mol. The molecular weight excluding hydrogens is 232 g/mol. The van der Waals surface area contributed by atoms with E-state index in [2.05, 4.69) is 16.8 Å². The number of nitrogens with zero attached hydrogens (tertiary/aromatic N) is 2. The second kappa shape index (κ2) is 7.89. The highest BCUT2D eigenvalue weighted by atomic mass is 16.5. The first-order chi connectivity index (χ1) is 8.76. The van der Waals surface area contributed by atoms with Crippen LogP contribution in [0.5, 0.6) is 11.5 Å². The van der Waals surface area contributed by atoms with Gasteiger partial charge in [-0.2, -0.15) is 0 Å². The first-order valence-electron chi connectivity index (χ1n) is 6.15. The van der Waals surface area contributed by atoms with Crippen molar-refractivity contribution in [2.45, 2.75) is 19.9 Å². The van der Waals surface area contributed by atoms with Gasteiger partial charge in [-0.15, -0.1) is 0 Å². The Balaban J connectivity index is 2.87. The van der Waals surface area contributed by atoms with E-state index in [1.54, 1.807) is 26.5 Å². The van der Waals surface area contributed by atoms with Crippen LogP contribution < -0.4 is 9.47 Å². The van der Waals surface area contributed by atoms with Crippen molar-refractivity contribution < 1.29 is 14.6 Å². The summed E-state index contributed by atoms with van der Waals surface area (Å²) in [5.74, 6) is 1.35. The van der Waals surface area contributed by atoms with Gasteiger partial charge in [-0.1, -0.05) is 6.92 Å². The molecule has 1 N–H and O–H groups in total. The lowest BCUT2D eigenvalue weighted by Gasteiger charge is -2.21. The van der Waals surface area contributed by atoms with E-state index in [0.29, 0.717) is 24.6 Å². The molecule has 0 aliphatic rings. The molecule has 1 heterocycles. The van der Waals surface area contributed by atoms with Gasteiger partial charge in [0.15, 0.2) is 11.5 Å². The van der Waals surface area contributed by atoms with Crippen LogP contribution in [0.4, 0.5) is 0 Å². The van der Waals surface area contributed by atoms with Crippen LogP contribution in [0.3, 0.4) is 0 Å². The van der Waals surface area contributed by atoms with Gasteiger partial charge < -0.3 is 14.6 Å². The summed E-state index contributed by atoms with van der Waals surface area (Å²) in [5.41, 5.74) is 0.832. The summed E-state index contributed by atoms with van der Waals surface area (Å²) in [6.45, 7) is 4.46. The molecule has 1 rings (SSSR count). The zero-order valence-corrected chi connectivity index (χ0v) is 11.3. The van der Waals surface area contributed by atoms with E-state index in [1.165, 1.54) is 0 Å². The molecule has 102 valence electrons. The summed E-state index contributed by atoms with van der Waals surface area (Å²) >= 11 is 0. The molecule has 0 saturated heterocycles. The van der Waals surface area contributed by atoms with Crippen molar-refractivity contribution in [1.29, 1.82) is 0 Å². The van der Waals surface area contributed by atoms with Crippen LogP contribution in [0.15, 0.2) is 12.3 Å². The Bertz CT molecular complexity index is 352. The molecule has 18 heavy (non-hydrogen) atoms. The zero-order chi connectivity index (χ0) is 13.4. The zero-order valence-electron chi connectivity index (χ0n) is 11.3. The van der Waals surface area contributed by atoms with Crippen LogP contribution in [-0.4, -0.2) is 48.9 Å². The average molecular weight is 254 g/mol. The standard InChI is InChI=1S/C13H22N2O3/c1-4-7-15(8-9-16)10-11-13(18-3)12(17-2)5-6-14-11/h5-6,16H,4,7-10H2,1-3H3. The Morgan fingerprint density at radius 1 is 1.28 bits per heavy atom. The van der Waals surface area contributed by atoms with Gasteiger partial charge in [-0.3, -0.25) is 9.88 Å². The van der Waals surface area contributed by atoms with E-state index in [0.717, 1.165) is 18.7 Å². The predicted octanol–water partition coefficient (Wildman–Crippen LogP) is 1.30. The number of hydrogen-bond acceptors (Lipinski definition) is 5. The molecule has 0 aliphatic carbocycles. The molecule has 0 atom stereocenters. The third kappa shape index (κ3) is 3.85. The molecule has 1 aromatic rings. The lowest BCUT2D eigenvalue weighted by molar-refractivity contribution is 0.187. The first kappa shape index (κ1) is 14.7. The topological polar surface area (TPSA) is 54.8 Å². The van der Waals surface area contributed by atoms with Crippen molar-refractivity contribution >= 4 is 0 Å². The fourth-order valence-electron chi connectivity index (χ4n) is 1.90. The van der Waals surface area contributed by atoms with Gasteiger partial charge in [0.05, 0.1) is 20.8 Å². The van der Waals surface area contributed by atoms with Crippen LogP contribution in [0.25, 0.3) is 0 Å². The highest BCUT2D eigenvalue weighted by molar-refractivity contribution is 5.42. The van der Waals surface area contributed by atoms with Crippen LogP contribution in [0.2, 0.25) is 0 Å². The Labute approximate surface area is 108 Å². The van der Waals surface area contributed by atoms with Crippen LogP contribution in [0.1, 0.15) is 19.0 Å². The Hall–Kier alpha value is -1.33. The summed E-state index contributed by atoms with van der Waals surface area (Å²) in [7, 11) is 3.22. The number of pyridine rings is 1. The maximum absolute atomic E-state index is 9.05. The summed E-state index contributed by atoms with van der Waals surface area (Å²) < 4.78 is 10.6. The second-order valence-electron chi connectivity index (χ2n) is 3.99. The lowest BCUT2D eigenvalue weighted by atomic mass is 10.2. The monoisotopic (exact) mass is 254 g/mol. The van der Waals surface area contributed by atoms with Crippen molar-refractivity contribution in [3.8, 4) is 11.5 Å². The van der Waals surface area contributed by atoms with E-state index in [-0.39, 0.29) is 6.61 Å². The van der Waals surface area contributed by atoms with Gasteiger partial charge in [-0.05, 0) is 13.0 Å². The maximum atomic E-state index is 9.05. The Kier molecular flexibility index (Phi) is 6.46. The van der Waals surface area contributed by atoms with E-state index in [4.69, 9.17) is 14.6 Å². The molecule has 0 aromatic carbocycles. The minimum atomic E-state index is 0.145. The Morgan fingerprint density at radius 3 is 2.61 bits per heavy atom. The number of methoxy groups -OCH3 is 2. The van der Waals surface area contributed by atoms with Crippen molar-refractivity contribution in [2.24, 2.45) is 0 Å². The molecule has 0 fully saturated rings. The van der Waals surface area contributed by atoms with Crippen molar-refractivity contribution in [1.82, 2.24) is 9.88 Å². The molecule has 0 radical (unpaired) electrons. The normalized spacial score (nSPS) is 10.7. The van der Waals surface area contributed by atoms with Gasteiger partial charge in [0.25, 0.3) is 0 Å². The van der Waals surface area contributed by atoms with Gasteiger partial charge >= 0.3 is 0 Å². The molecule has 5 heteroatoms. The lowest BCUT2D eigenvalue weighted by Crippen LogP contribution is -2.28. The van der Waals surface area contributed by atoms with Crippen LogP contribution in [-0.2, 0) is 6.54 Å². The molecule has 0 aliphatic heterocycles. The quantitative estimate of drug-likeness (QED) is 0.758. The molecule has 0 amide bonds. The third-order valence-electron chi connectivity index (χ3n) is 2.70. The summed E-state index contributed by atoms with van der Waals surface area (Å²) in [5, 5.41) is 9.05. The number of aliphatic hydroxyl groups is 1. The highest BCUT2D eigenvalue weighted by Crippen LogP contribution is 2.29. The fourth-order valence-corrected chi connectivity index (χ4v) is 1.90.